The molecule has 0 spiro atoms. The lowest BCUT2D eigenvalue weighted by Crippen LogP contribution is -3.00. The fraction of sp³-hybridized carbons (Fsp3) is 0.368. The van der Waals surface area contributed by atoms with Gasteiger partial charge in [-0.3, -0.25) is 4.90 Å². The zero-order valence-corrected chi connectivity index (χ0v) is 16.5. The highest BCUT2D eigenvalue weighted by molar-refractivity contribution is 7.89. The molecule has 3 rings (SSSR count). The van der Waals surface area contributed by atoms with Gasteiger partial charge in [0.2, 0.25) is 10.0 Å². The highest BCUT2D eigenvalue weighted by Crippen LogP contribution is 2.21. The van der Waals surface area contributed by atoms with E-state index >= 15 is 0 Å². The Hall–Kier alpha value is -1.47. The van der Waals surface area contributed by atoms with Gasteiger partial charge in [-0.2, -0.15) is 4.31 Å². The number of aryl methyl sites for hydroxylation is 2. The third-order valence-corrected chi connectivity index (χ3v) is 6.64. The van der Waals surface area contributed by atoms with Gasteiger partial charge in [0.05, 0.1) is 4.90 Å². The van der Waals surface area contributed by atoms with Gasteiger partial charge in [0.15, 0.2) is 0 Å². The first kappa shape index (κ1) is 20.8. The van der Waals surface area contributed by atoms with E-state index in [1.54, 1.807) is 22.5 Å². The lowest BCUT2D eigenvalue weighted by Gasteiger charge is -2.34. The summed E-state index contributed by atoms with van der Waals surface area (Å²) < 4.78 is 40.5. The Bertz CT molecular complexity index is 866. The molecule has 0 amide bonds. The number of benzene rings is 2. The Morgan fingerprint density at radius 3 is 2.27 bits per heavy atom. The summed E-state index contributed by atoms with van der Waals surface area (Å²) >= 11 is 0. The summed E-state index contributed by atoms with van der Waals surface area (Å²) in [5.74, 6) is -0.242. The monoisotopic (exact) mass is 397 g/mol. The van der Waals surface area contributed by atoms with E-state index in [0.29, 0.717) is 37.6 Å². The molecular formula is C19H23ClFN2O2S-. The molecule has 0 unspecified atom stereocenters. The topological polar surface area (TPSA) is 40.6 Å². The first-order valence-electron chi connectivity index (χ1n) is 8.40. The van der Waals surface area contributed by atoms with Crippen molar-refractivity contribution in [1.29, 1.82) is 0 Å². The first-order chi connectivity index (χ1) is 11.9. The molecule has 142 valence electrons. The molecule has 1 aliphatic heterocycles. The van der Waals surface area contributed by atoms with E-state index in [2.05, 4.69) is 4.90 Å². The van der Waals surface area contributed by atoms with Crippen LogP contribution in [0, 0.1) is 19.7 Å². The fourth-order valence-corrected chi connectivity index (χ4v) is 4.55. The zero-order valence-electron chi connectivity index (χ0n) is 15.0. The van der Waals surface area contributed by atoms with Gasteiger partial charge in [-0.05, 0) is 54.8 Å². The number of rotatable bonds is 4. The molecule has 4 nitrogen and oxygen atoms in total. The second-order valence-electron chi connectivity index (χ2n) is 6.56. The molecular weight excluding hydrogens is 375 g/mol. The van der Waals surface area contributed by atoms with Crippen LogP contribution in [0.3, 0.4) is 0 Å². The summed E-state index contributed by atoms with van der Waals surface area (Å²) in [5, 5.41) is 0. The molecule has 26 heavy (non-hydrogen) atoms. The van der Waals surface area contributed by atoms with Crippen molar-refractivity contribution in [2.75, 3.05) is 26.2 Å². The van der Waals surface area contributed by atoms with E-state index in [-0.39, 0.29) is 18.2 Å². The van der Waals surface area contributed by atoms with Crippen molar-refractivity contribution in [2.45, 2.75) is 25.3 Å². The summed E-state index contributed by atoms with van der Waals surface area (Å²) in [6, 6.07) is 11.8. The van der Waals surface area contributed by atoms with E-state index < -0.39 is 10.0 Å². The number of sulfonamides is 1. The molecule has 0 radical (unpaired) electrons. The third-order valence-electron chi connectivity index (χ3n) is 4.74. The minimum Gasteiger partial charge on any atom is -1.00 e. The molecule has 0 aromatic heterocycles. The largest absolute Gasteiger partial charge is 1.00 e. The van der Waals surface area contributed by atoms with Crippen molar-refractivity contribution >= 4 is 10.0 Å². The van der Waals surface area contributed by atoms with Crippen LogP contribution in [0.1, 0.15) is 16.7 Å². The van der Waals surface area contributed by atoms with Gasteiger partial charge in [0, 0.05) is 32.7 Å². The Morgan fingerprint density at radius 2 is 1.65 bits per heavy atom. The molecule has 0 aliphatic carbocycles. The average Bonchev–Trinajstić information content (AvgIpc) is 2.58. The van der Waals surface area contributed by atoms with Gasteiger partial charge in [0.25, 0.3) is 0 Å². The zero-order chi connectivity index (χ0) is 18.0. The van der Waals surface area contributed by atoms with Crippen LogP contribution < -0.4 is 12.4 Å². The maximum absolute atomic E-state index is 13.3. The van der Waals surface area contributed by atoms with Crippen LogP contribution in [0.25, 0.3) is 0 Å². The highest BCUT2D eigenvalue weighted by atomic mass is 35.5. The number of halogens is 2. The third kappa shape index (κ3) is 4.62. The summed E-state index contributed by atoms with van der Waals surface area (Å²) in [7, 11) is -3.46. The highest BCUT2D eigenvalue weighted by Gasteiger charge is 2.28. The summed E-state index contributed by atoms with van der Waals surface area (Å²) in [5.41, 5.74) is 2.97. The number of hydrogen-bond donors (Lipinski definition) is 0. The Labute approximate surface area is 161 Å². The normalized spacial score (nSPS) is 16.3. The van der Waals surface area contributed by atoms with Crippen LogP contribution in [0.15, 0.2) is 47.4 Å². The Morgan fingerprint density at radius 1 is 0.962 bits per heavy atom. The van der Waals surface area contributed by atoms with Crippen LogP contribution in [0.4, 0.5) is 4.39 Å². The molecule has 0 saturated carbocycles. The second kappa shape index (κ2) is 8.48. The first-order valence-corrected chi connectivity index (χ1v) is 9.84. The molecule has 1 aliphatic rings. The van der Waals surface area contributed by atoms with Gasteiger partial charge in [-0.25, -0.2) is 12.8 Å². The lowest BCUT2D eigenvalue weighted by molar-refractivity contribution is -0.00000853. The predicted octanol–water partition coefficient (Wildman–Crippen LogP) is -0.0470. The average molecular weight is 398 g/mol. The number of piperazine rings is 1. The summed E-state index contributed by atoms with van der Waals surface area (Å²) in [6.45, 7) is 6.70. The van der Waals surface area contributed by atoms with Crippen molar-refractivity contribution in [3.8, 4) is 0 Å². The minimum absolute atomic E-state index is 0. The Balaban J connectivity index is 0.00000243. The van der Waals surface area contributed by atoms with E-state index in [1.807, 2.05) is 26.0 Å². The lowest BCUT2D eigenvalue weighted by atomic mass is 10.1. The molecule has 0 atom stereocenters. The van der Waals surface area contributed by atoms with E-state index in [9.17, 15) is 12.8 Å². The maximum Gasteiger partial charge on any atom is 0.243 e. The fourth-order valence-electron chi connectivity index (χ4n) is 3.04. The van der Waals surface area contributed by atoms with Crippen molar-refractivity contribution in [2.24, 2.45) is 0 Å². The molecule has 1 heterocycles. The van der Waals surface area contributed by atoms with Gasteiger partial charge in [-0.1, -0.05) is 18.2 Å². The Kier molecular flexibility index (Phi) is 6.80. The molecule has 7 heteroatoms. The SMILES string of the molecule is Cc1ccc(S(=O)(=O)N2CCN(Cc3cccc(F)c3)CC2)cc1C.[Cl-]. The summed E-state index contributed by atoms with van der Waals surface area (Å²) in [6.07, 6.45) is 0. The van der Waals surface area contributed by atoms with E-state index in [0.717, 1.165) is 16.7 Å². The van der Waals surface area contributed by atoms with Gasteiger partial charge in [-0.15, -0.1) is 0 Å². The standard InChI is InChI=1S/C19H23FN2O2S.ClH/c1-15-6-7-19(12-16(15)2)25(23,24)22-10-8-21(9-11-22)14-17-4-3-5-18(20)13-17;/h3-7,12-13H,8-11,14H2,1-2H3;1H/p-1. The van der Waals surface area contributed by atoms with Crippen molar-refractivity contribution in [3.05, 3.63) is 65.0 Å². The van der Waals surface area contributed by atoms with Crippen molar-refractivity contribution in [1.82, 2.24) is 9.21 Å². The van der Waals surface area contributed by atoms with Crippen LogP contribution in [0.5, 0.6) is 0 Å². The van der Waals surface area contributed by atoms with Gasteiger partial charge < -0.3 is 12.4 Å². The molecule has 0 N–H and O–H groups in total. The smallest absolute Gasteiger partial charge is 0.243 e. The van der Waals surface area contributed by atoms with Crippen LogP contribution in [0.2, 0.25) is 0 Å². The molecule has 0 bridgehead atoms. The van der Waals surface area contributed by atoms with Crippen LogP contribution in [-0.2, 0) is 16.6 Å². The summed E-state index contributed by atoms with van der Waals surface area (Å²) in [4.78, 5) is 2.51. The van der Waals surface area contributed by atoms with Gasteiger partial charge in [0.1, 0.15) is 5.82 Å². The minimum atomic E-state index is -3.46. The van der Waals surface area contributed by atoms with Crippen LogP contribution in [-0.4, -0.2) is 43.8 Å². The quantitative estimate of drug-likeness (QED) is 0.726. The van der Waals surface area contributed by atoms with Gasteiger partial charge >= 0.3 is 0 Å². The maximum atomic E-state index is 13.3. The second-order valence-corrected chi connectivity index (χ2v) is 8.49. The number of nitrogens with zero attached hydrogens (tertiary/aromatic N) is 2. The van der Waals surface area contributed by atoms with Crippen LogP contribution >= 0.6 is 0 Å². The molecule has 2 aromatic rings. The number of hydrogen-bond acceptors (Lipinski definition) is 3. The van der Waals surface area contributed by atoms with E-state index in [4.69, 9.17) is 0 Å². The molecule has 1 fully saturated rings. The van der Waals surface area contributed by atoms with Crippen molar-refractivity contribution in [3.63, 3.8) is 0 Å². The van der Waals surface area contributed by atoms with E-state index in [1.165, 1.54) is 12.1 Å². The molecule has 1 saturated heterocycles. The molecule has 2 aromatic carbocycles. The predicted molar refractivity (Wildman–Crippen MR) is 96.4 cm³/mol. The van der Waals surface area contributed by atoms with Crippen molar-refractivity contribution < 1.29 is 25.2 Å².